The summed E-state index contributed by atoms with van der Waals surface area (Å²) in [6, 6.07) is 0. The number of ketones is 1. The number of carbonyl (C=O) groups excluding carboxylic acids is 1. The molecule has 104 valence electrons. The van der Waals surface area contributed by atoms with Crippen molar-refractivity contribution in [2.24, 2.45) is 11.8 Å². The second-order valence-electron chi connectivity index (χ2n) is 7.40. The van der Waals surface area contributed by atoms with Crippen molar-refractivity contribution in [2.75, 3.05) is 0 Å². The van der Waals surface area contributed by atoms with Gasteiger partial charge >= 0.3 is 0 Å². The molecule has 1 saturated carbocycles. The Labute approximate surface area is 111 Å². The average Bonchev–Trinajstić information content (AvgIpc) is 2.48. The Kier molecular flexibility index (Phi) is 3.87. The van der Waals surface area contributed by atoms with Crippen LogP contribution in [-0.2, 0) is 9.53 Å². The molecule has 1 unspecified atom stereocenters. The number of hydrogen-bond acceptors (Lipinski definition) is 2. The van der Waals surface area contributed by atoms with Crippen molar-refractivity contribution in [3.05, 3.63) is 0 Å². The fourth-order valence-corrected chi connectivity index (χ4v) is 3.88. The molecule has 2 aliphatic rings. The molecule has 2 heteroatoms. The molecule has 1 aliphatic heterocycles. The van der Waals surface area contributed by atoms with Crippen LogP contribution >= 0.6 is 0 Å². The SMILES string of the molecule is CC1(C)CC(C(=O)CC2CCCCC2)C(C)(C)O1. The summed E-state index contributed by atoms with van der Waals surface area (Å²) in [5.74, 6) is 1.18. The highest BCUT2D eigenvalue weighted by molar-refractivity contribution is 5.82. The Morgan fingerprint density at radius 3 is 2.22 bits per heavy atom. The normalized spacial score (nSPS) is 31.4. The zero-order valence-corrected chi connectivity index (χ0v) is 12.4. The Morgan fingerprint density at radius 2 is 1.72 bits per heavy atom. The molecular formula is C16H28O2. The summed E-state index contributed by atoms with van der Waals surface area (Å²) in [5.41, 5.74) is -0.425. The first kappa shape index (κ1) is 14.0. The molecule has 1 heterocycles. The highest BCUT2D eigenvalue weighted by atomic mass is 16.5. The maximum atomic E-state index is 12.5. The minimum absolute atomic E-state index is 0.0921. The van der Waals surface area contributed by atoms with E-state index in [0.29, 0.717) is 11.7 Å². The molecule has 2 fully saturated rings. The molecule has 0 bridgehead atoms. The third-order valence-electron chi connectivity index (χ3n) is 4.68. The van der Waals surface area contributed by atoms with Gasteiger partial charge in [-0.15, -0.1) is 0 Å². The summed E-state index contributed by atoms with van der Waals surface area (Å²) in [4.78, 5) is 12.5. The van der Waals surface area contributed by atoms with E-state index in [1.165, 1.54) is 32.1 Å². The van der Waals surface area contributed by atoms with E-state index >= 15 is 0 Å². The van der Waals surface area contributed by atoms with Crippen LogP contribution in [0.2, 0.25) is 0 Å². The van der Waals surface area contributed by atoms with Crippen molar-refractivity contribution < 1.29 is 9.53 Å². The second kappa shape index (κ2) is 4.96. The van der Waals surface area contributed by atoms with Crippen LogP contribution in [0, 0.1) is 11.8 Å². The zero-order valence-electron chi connectivity index (χ0n) is 12.4. The van der Waals surface area contributed by atoms with E-state index in [0.717, 1.165) is 12.8 Å². The monoisotopic (exact) mass is 252 g/mol. The molecule has 1 aliphatic carbocycles. The maximum absolute atomic E-state index is 12.5. The summed E-state index contributed by atoms with van der Waals surface area (Å²) in [6.45, 7) is 8.35. The molecule has 0 amide bonds. The average molecular weight is 252 g/mol. The van der Waals surface area contributed by atoms with E-state index in [4.69, 9.17) is 4.74 Å². The molecule has 1 saturated heterocycles. The standard InChI is InChI=1S/C16H28O2/c1-15(2)11-13(16(3,4)18-15)14(17)10-12-8-6-5-7-9-12/h12-13H,5-11H2,1-4H3. The highest BCUT2D eigenvalue weighted by Crippen LogP contribution is 2.43. The van der Waals surface area contributed by atoms with Gasteiger partial charge < -0.3 is 4.74 Å². The first-order valence-corrected chi connectivity index (χ1v) is 7.53. The van der Waals surface area contributed by atoms with E-state index in [-0.39, 0.29) is 17.1 Å². The van der Waals surface area contributed by atoms with E-state index < -0.39 is 0 Å². The van der Waals surface area contributed by atoms with E-state index in [9.17, 15) is 4.79 Å². The van der Waals surface area contributed by atoms with Gasteiger partial charge in [0.05, 0.1) is 11.2 Å². The zero-order chi connectivity index (χ0) is 13.4. The van der Waals surface area contributed by atoms with Crippen LogP contribution in [0.4, 0.5) is 0 Å². The minimum atomic E-state index is -0.282. The maximum Gasteiger partial charge on any atom is 0.139 e. The van der Waals surface area contributed by atoms with Crippen molar-refractivity contribution in [3.63, 3.8) is 0 Å². The Balaban J connectivity index is 1.96. The summed E-state index contributed by atoms with van der Waals surface area (Å²) in [6.07, 6.45) is 8.16. The molecule has 0 N–H and O–H groups in total. The third kappa shape index (κ3) is 3.14. The van der Waals surface area contributed by atoms with Crippen molar-refractivity contribution >= 4 is 5.78 Å². The van der Waals surface area contributed by atoms with Crippen LogP contribution < -0.4 is 0 Å². The minimum Gasteiger partial charge on any atom is -0.369 e. The molecule has 2 rings (SSSR count). The third-order valence-corrected chi connectivity index (χ3v) is 4.68. The van der Waals surface area contributed by atoms with Gasteiger partial charge in [0.1, 0.15) is 5.78 Å². The van der Waals surface area contributed by atoms with Gasteiger partial charge in [0.15, 0.2) is 0 Å². The topological polar surface area (TPSA) is 26.3 Å². The molecule has 2 nitrogen and oxygen atoms in total. The van der Waals surface area contributed by atoms with Crippen molar-refractivity contribution in [3.8, 4) is 0 Å². The lowest BCUT2D eigenvalue weighted by Crippen LogP contribution is -2.34. The number of hydrogen-bond donors (Lipinski definition) is 0. The van der Waals surface area contributed by atoms with Gasteiger partial charge in [-0.2, -0.15) is 0 Å². The van der Waals surface area contributed by atoms with Gasteiger partial charge in [0, 0.05) is 12.3 Å². The van der Waals surface area contributed by atoms with Crippen LogP contribution in [0.15, 0.2) is 0 Å². The first-order chi connectivity index (χ1) is 8.30. The van der Waals surface area contributed by atoms with Gasteiger partial charge in [0.25, 0.3) is 0 Å². The van der Waals surface area contributed by atoms with E-state index in [1.54, 1.807) is 0 Å². The molecule has 0 aromatic rings. The predicted molar refractivity (Wildman–Crippen MR) is 73.5 cm³/mol. The van der Waals surface area contributed by atoms with Crippen LogP contribution in [0.25, 0.3) is 0 Å². The fourth-order valence-electron chi connectivity index (χ4n) is 3.88. The molecule has 0 radical (unpaired) electrons. The number of Topliss-reactive ketones (excluding diaryl/α,β-unsaturated/α-hetero) is 1. The van der Waals surface area contributed by atoms with Crippen LogP contribution in [0.5, 0.6) is 0 Å². The number of ether oxygens (including phenoxy) is 1. The lowest BCUT2D eigenvalue weighted by atomic mass is 9.78. The van der Waals surface area contributed by atoms with Gasteiger partial charge in [-0.05, 0) is 40.0 Å². The summed E-state index contributed by atoms with van der Waals surface area (Å²) < 4.78 is 6.04. The summed E-state index contributed by atoms with van der Waals surface area (Å²) >= 11 is 0. The van der Waals surface area contributed by atoms with Crippen molar-refractivity contribution in [2.45, 2.75) is 83.8 Å². The summed E-state index contributed by atoms with van der Waals surface area (Å²) in [7, 11) is 0. The van der Waals surface area contributed by atoms with Crippen molar-refractivity contribution in [1.82, 2.24) is 0 Å². The van der Waals surface area contributed by atoms with Gasteiger partial charge in [-0.1, -0.05) is 32.1 Å². The quantitative estimate of drug-likeness (QED) is 0.755. The molecule has 0 aromatic carbocycles. The van der Waals surface area contributed by atoms with Gasteiger partial charge in [-0.25, -0.2) is 0 Å². The Bertz CT molecular complexity index is 311. The largest absolute Gasteiger partial charge is 0.369 e. The highest BCUT2D eigenvalue weighted by Gasteiger charge is 2.49. The Hall–Kier alpha value is -0.370. The van der Waals surface area contributed by atoms with E-state index in [2.05, 4.69) is 27.7 Å². The van der Waals surface area contributed by atoms with Crippen molar-refractivity contribution in [1.29, 1.82) is 0 Å². The molecule has 0 spiro atoms. The molecule has 18 heavy (non-hydrogen) atoms. The fraction of sp³-hybridized carbons (Fsp3) is 0.938. The first-order valence-electron chi connectivity index (χ1n) is 7.53. The predicted octanol–water partition coefficient (Wildman–Crippen LogP) is 4.12. The lowest BCUT2D eigenvalue weighted by molar-refractivity contribution is -0.130. The number of carbonyl (C=O) groups is 1. The van der Waals surface area contributed by atoms with Gasteiger partial charge in [0.2, 0.25) is 0 Å². The van der Waals surface area contributed by atoms with E-state index in [1.807, 2.05) is 0 Å². The molecular weight excluding hydrogens is 224 g/mol. The molecule has 1 atom stereocenters. The van der Waals surface area contributed by atoms with Crippen LogP contribution in [-0.4, -0.2) is 17.0 Å². The van der Waals surface area contributed by atoms with Crippen LogP contribution in [0.3, 0.4) is 0 Å². The Morgan fingerprint density at radius 1 is 1.11 bits per heavy atom. The van der Waals surface area contributed by atoms with Gasteiger partial charge in [-0.3, -0.25) is 4.79 Å². The number of rotatable bonds is 3. The van der Waals surface area contributed by atoms with Crippen LogP contribution in [0.1, 0.15) is 72.6 Å². The summed E-state index contributed by atoms with van der Waals surface area (Å²) in [5, 5.41) is 0. The smallest absolute Gasteiger partial charge is 0.139 e. The molecule has 0 aromatic heterocycles. The lowest BCUT2D eigenvalue weighted by Gasteiger charge is -2.28. The second-order valence-corrected chi connectivity index (χ2v) is 7.40.